The fourth-order valence-corrected chi connectivity index (χ4v) is 9.18. The first-order chi connectivity index (χ1) is 29.2. The minimum atomic E-state index is -4.31. The van der Waals surface area contributed by atoms with Gasteiger partial charge in [0.2, 0.25) is 9.05 Å². The van der Waals surface area contributed by atoms with Gasteiger partial charge in [0.25, 0.3) is 0 Å². The maximum absolute atomic E-state index is 14.1. The monoisotopic (exact) mass is 953 g/mol. The first-order valence-electron chi connectivity index (χ1n) is 19.2. The lowest BCUT2D eigenvalue weighted by molar-refractivity contribution is 0.240. The molecule has 0 bridgehead atoms. The third-order valence-electron chi connectivity index (χ3n) is 9.94. The molecule has 2 aliphatic rings. The zero-order valence-corrected chi connectivity index (χ0v) is 37.1. The number of hydrogen-bond acceptors (Lipinski definition) is 7. The molecule has 0 aliphatic carbocycles. The molecule has 0 aromatic heterocycles. The number of nitrogen functional groups attached to an aromatic ring is 1. The Morgan fingerprint density at radius 1 is 0.603 bits per heavy atom. The molecular formula is C41H44ClF8N5O6S2. The van der Waals surface area contributed by atoms with Gasteiger partial charge >= 0.3 is 12.1 Å². The number of nitrogens with two attached hydrogens (primary N) is 1. The van der Waals surface area contributed by atoms with Crippen LogP contribution in [0.2, 0.25) is 0 Å². The number of nitrogens with zero attached hydrogens (tertiary/aromatic N) is 2. The van der Waals surface area contributed by atoms with E-state index >= 15 is 0 Å². The summed E-state index contributed by atoms with van der Waals surface area (Å²) in [7, 11) is -3.73. The van der Waals surface area contributed by atoms with Gasteiger partial charge in [-0.1, -0.05) is 26.0 Å². The van der Waals surface area contributed by atoms with E-state index in [4.69, 9.17) is 16.4 Å². The SMILES string of the molecule is CCCN1C(=O)NC(C)c2cc(CS(=O)(=O)Cc3c(F)c(F)c(C)c(F)c3F)ccc21.CCCN1C(=O)NC(C)c2cc(N)ccc21.Cc1c(F)c(F)c(CS(=O)(=O)Cl)c(F)c1F. The van der Waals surface area contributed by atoms with E-state index in [2.05, 4.69) is 17.6 Å². The number of fused-ring (bicyclic) bond motifs is 2. The predicted octanol–water partition coefficient (Wildman–Crippen LogP) is 9.56. The predicted molar refractivity (Wildman–Crippen MR) is 223 cm³/mol. The standard InChI is InChI=1S/C21H22F4N2O3S.C12H17N3O.C8H5ClF4O2S/c1-4-7-27-16-6-5-13(8-14(16)12(3)26-21(27)28)9-31(29,30)10-15-19(24)17(22)11(2)18(23)20(15)25;1-3-6-15-11-5-4-9(13)7-10(11)8(2)14-12(15)16;1-3-5(10)7(12)4(2-16(9,14)15)8(13)6(3)11/h5-6,8,12H,4,7,9-10H2,1-3H3,(H,26,28);4-5,7-8H,3,6,13H2,1-2H3,(H,14,16);2H2,1H3. The Labute approximate surface area is 363 Å². The van der Waals surface area contributed by atoms with Crippen LogP contribution < -0.4 is 26.2 Å². The summed E-state index contributed by atoms with van der Waals surface area (Å²) in [5.74, 6) is -16.5. The topological polar surface area (TPSA) is 159 Å². The number of amides is 4. The molecule has 0 saturated heterocycles. The van der Waals surface area contributed by atoms with Crippen molar-refractivity contribution in [2.24, 2.45) is 0 Å². The van der Waals surface area contributed by atoms with Gasteiger partial charge < -0.3 is 16.4 Å². The number of nitrogens with one attached hydrogen (secondary N) is 2. The molecule has 22 heteroatoms. The summed E-state index contributed by atoms with van der Waals surface area (Å²) in [5.41, 5.74) is 6.14. The minimum absolute atomic E-state index is 0.0216. The normalized spacial score (nSPS) is 15.9. The summed E-state index contributed by atoms with van der Waals surface area (Å²) in [5, 5.41) is 5.72. The van der Waals surface area contributed by atoms with Crippen molar-refractivity contribution < 1.29 is 61.5 Å². The second kappa shape index (κ2) is 20.1. The average Bonchev–Trinajstić information content (AvgIpc) is 3.21. The number of hydrogen-bond donors (Lipinski definition) is 3. The van der Waals surface area contributed by atoms with Gasteiger partial charge in [-0.15, -0.1) is 0 Å². The second-order valence-electron chi connectivity index (χ2n) is 14.8. The third kappa shape index (κ3) is 11.5. The number of sulfone groups is 1. The van der Waals surface area contributed by atoms with Crippen molar-refractivity contribution >= 4 is 58.7 Å². The van der Waals surface area contributed by atoms with Crippen LogP contribution in [0.25, 0.3) is 0 Å². The average molecular weight is 954 g/mol. The van der Waals surface area contributed by atoms with Crippen molar-refractivity contribution in [3.8, 4) is 0 Å². The van der Waals surface area contributed by atoms with Crippen LogP contribution in [-0.4, -0.2) is 42.0 Å². The zero-order chi connectivity index (χ0) is 47.5. The van der Waals surface area contributed by atoms with E-state index in [1.54, 1.807) is 28.9 Å². The molecule has 2 heterocycles. The second-order valence-corrected chi connectivity index (χ2v) is 19.6. The molecule has 2 aliphatic heterocycles. The van der Waals surface area contributed by atoms with Gasteiger partial charge in [0.15, 0.2) is 56.4 Å². The Hall–Kier alpha value is -5.15. The van der Waals surface area contributed by atoms with E-state index in [1.807, 2.05) is 32.0 Å². The van der Waals surface area contributed by atoms with Crippen molar-refractivity contribution in [1.29, 1.82) is 0 Å². The van der Waals surface area contributed by atoms with Gasteiger partial charge in [-0.2, -0.15) is 0 Å². The molecule has 2 unspecified atom stereocenters. The zero-order valence-electron chi connectivity index (χ0n) is 34.7. The molecule has 2 atom stereocenters. The summed E-state index contributed by atoms with van der Waals surface area (Å²) in [4.78, 5) is 27.4. The molecule has 0 fully saturated rings. The van der Waals surface area contributed by atoms with E-state index in [0.29, 0.717) is 23.4 Å². The van der Waals surface area contributed by atoms with Gasteiger partial charge in [0.1, 0.15) is 0 Å². The van der Waals surface area contributed by atoms with Crippen molar-refractivity contribution in [3.05, 3.63) is 122 Å². The van der Waals surface area contributed by atoms with Crippen molar-refractivity contribution in [3.63, 3.8) is 0 Å². The van der Waals surface area contributed by atoms with Crippen LogP contribution in [0.15, 0.2) is 36.4 Å². The molecule has 0 radical (unpaired) electrons. The van der Waals surface area contributed by atoms with E-state index in [-0.39, 0.29) is 24.1 Å². The van der Waals surface area contributed by atoms with Gasteiger partial charge in [-0.3, -0.25) is 9.80 Å². The summed E-state index contributed by atoms with van der Waals surface area (Å²) in [6, 6.07) is 9.81. The molecule has 0 spiro atoms. The number of benzene rings is 4. The van der Waals surface area contributed by atoms with Crippen molar-refractivity contribution in [2.75, 3.05) is 28.6 Å². The van der Waals surface area contributed by atoms with Crippen LogP contribution >= 0.6 is 10.7 Å². The fraction of sp³-hybridized carbons (Fsp3) is 0.366. The lowest BCUT2D eigenvalue weighted by atomic mass is 10.0. The Morgan fingerprint density at radius 2 is 0.984 bits per heavy atom. The largest absolute Gasteiger partial charge is 0.399 e. The molecule has 4 aromatic rings. The lowest BCUT2D eigenvalue weighted by Crippen LogP contribution is -2.46. The highest BCUT2D eigenvalue weighted by Gasteiger charge is 2.31. The Bertz CT molecular complexity index is 2600. The van der Waals surface area contributed by atoms with Crippen LogP contribution in [0.4, 0.5) is 61.8 Å². The smallest absolute Gasteiger partial charge is 0.322 e. The van der Waals surface area contributed by atoms with E-state index < -0.39 is 105 Å². The molecule has 63 heavy (non-hydrogen) atoms. The Kier molecular flexibility index (Phi) is 16.1. The number of halogens is 9. The van der Waals surface area contributed by atoms with Crippen LogP contribution in [-0.2, 0) is 36.1 Å². The lowest BCUT2D eigenvalue weighted by Gasteiger charge is -2.34. The van der Waals surface area contributed by atoms with E-state index in [0.717, 1.165) is 50.2 Å². The van der Waals surface area contributed by atoms with Gasteiger partial charge in [-0.25, -0.2) is 61.5 Å². The Balaban J connectivity index is 0.000000229. The number of urea groups is 2. The number of carbonyl (C=O) groups excluding carboxylic acids is 2. The molecule has 4 N–H and O–H groups in total. The van der Waals surface area contributed by atoms with E-state index in [1.165, 1.54) is 6.07 Å². The highest BCUT2D eigenvalue weighted by Crippen LogP contribution is 2.35. The summed E-state index contributed by atoms with van der Waals surface area (Å²) >= 11 is 0. The number of anilines is 3. The van der Waals surface area contributed by atoms with Crippen molar-refractivity contribution in [2.45, 2.75) is 83.7 Å². The van der Waals surface area contributed by atoms with Gasteiger partial charge in [-0.05, 0) is 75.9 Å². The van der Waals surface area contributed by atoms with Crippen LogP contribution in [0.5, 0.6) is 0 Å². The van der Waals surface area contributed by atoms with E-state index in [9.17, 15) is 61.5 Å². The fourth-order valence-electron chi connectivity index (χ4n) is 6.77. The quantitative estimate of drug-likeness (QED) is 0.0618. The first kappa shape index (κ1) is 50.5. The molecular weight excluding hydrogens is 910 g/mol. The molecule has 0 saturated carbocycles. The maximum atomic E-state index is 14.1. The third-order valence-corrected chi connectivity index (χ3v) is 12.4. The van der Waals surface area contributed by atoms with Gasteiger partial charge in [0, 0.05) is 57.3 Å². The van der Waals surface area contributed by atoms with Crippen molar-refractivity contribution in [1.82, 2.24) is 10.6 Å². The maximum Gasteiger partial charge on any atom is 0.322 e. The van der Waals surface area contributed by atoms with Crippen LogP contribution in [0.3, 0.4) is 0 Å². The number of rotatable bonds is 10. The summed E-state index contributed by atoms with van der Waals surface area (Å²) in [6.45, 7) is 10.6. The first-order valence-corrected chi connectivity index (χ1v) is 23.5. The minimum Gasteiger partial charge on any atom is -0.399 e. The van der Waals surface area contributed by atoms with Gasteiger partial charge in [0.05, 0.1) is 40.7 Å². The molecule has 4 amide bonds. The Morgan fingerprint density at radius 3 is 1.38 bits per heavy atom. The highest BCUT2D eigenvalue weighted by atomic mass is 35.7. The highest BCUT2D eigenvalue weighted by molar-refractivity contribution is 8.13. The molecule has 4 aromatic carbocycles. The number of carbonyl (C=O) groups is 2. The summed E-state index contributed by atoms with van der Waals surface area (Å²) < 4.78 is 154. The van der Waals surface area contributed by atoms with Crippen LogP contribution in [0.1, 0.15) is 91.6 Å². The van der Waals surface area contributed by atoms with Crippen LogP contribution in [0, 0.1) is 60.4 Å². The molecule has 6 rings (SSSR count). The molecule has 344 valence electrons. The molecule has 11 nitrogen and oxygen atoms in total. The summed E-state index contributed by atoms with van der Waals surface area (Å²) in [6.07, 6.45) is 1.66.